The van der Waals surface area contributed by atoms with Crippen molar-refractivity contribution < 1.29 is 5.11 Å². The highest BCUT2D eigenvalue weighted by molar-refractivity contribution is 9.13. The van der Waals surface area contributed by atoms with Gasteiger partial charge in [0, 0.05) is 34.2 Å². The molecule has 0 atom stereocenters. The lowest BCUT2D eigenvalue weighted by Gasteiger charge is -2.31. The Balaban J connectivity index is 2.24. The Bertz CT molecular complexity index is 1530. The van der Waals surface area contributed by atoms with Crippen LogP contribution in [0.15, 0.2) is 112 Å². The molecule has 6 heteroatoms. The third kappa shape index (κ3) is 3.99. The van der Waals surface area contributed by atoms with E-state index in [9.17, 15) is 5.11 Å². The summed E-state index contributed by atoms with van der Waals surface area (Å²) < 4.78 is 6.88. The number of aliphatic hydroxyl groups excluding tert-OH is 1. The molecule has 0 saturated heterocycles. The van der Waals surface area contributed by atoms with Crippen molar-refractivity contribution >= 4 is 65.7 Å². The number of imidazole rings is 1. The Labute approximate surface area is 222 Å². The van der Waals surface area contributed by atoms with Crippen molar-refractivity contribution in [1.29, 1.82) is 0 Å². The quantitative estimate of drug-likeness (QED) is 0.219. The maximum atomic E-state index is 10.2. The number of nitrogens with zero attached hydrogens (tertiary/aromatic N) is 2. The van der Waals surface area contributed by atoms with Gasteiger partial charge in [-0.1, -0.05) is 84.9 Å². The molecule has 0 unspecified atom stereocenters. The maximum absolute atomic E-state index is 10.2. The van der Waals surface area contributed by atoms with E-state index in [2.05, 4.69) is 151 Å². The number of hydrogen-bond donors (Lipinski definition) is 1. The highest BCUT2D eigenvalue weighted by atomic mass is 79.9. The summed E-state index contributed by atoms with van der Waals surface area (Å²) in [7, 11) is 0. The molecule has 0 saturated carbocycles. The lowest BCUT2D eigenvalue weighted by atomic mass is 10.3. The van der Waals surface area contributed by atoms with Crippen molar-refractivity contribution in [2.24, 2.45) is 0 Å². The molecule has 5 rings (SSSR count). The largest absolute Gasteiger partial charge is 0.395 e. The number of aliphatic hydroxyl groups is 1. The van der Waals surface area contributed by atoms with Gasteiger partial charge in [0.2, 0.25) is 0 Å². The fourth-order valence-corrected chi connectivity index (χ4v) is 11.4. The summed E-state index contributed by atoms with van der Waals surface area (Å²) in [6.07, 6.45) is 0. The number of rotatable bonds is 6. The van der Waals surface area contributed by atoms with Crippen LogP contribution in [0.3, 0.4) is 0 Å². The highest BCUT2D eigenvalue weighted by Crippen LogP contribution is 2.51. The molecule has 0 spiro atoms. The van der Waals surface area contributed by atoms with Crippen molar-refractivity contribution in [3.8, 4) is 0 Å². The van der Waals surface area contributed by atoms with Crippen LogP contribution in [-0.2, 0) is 13.1 Å². The first-order valence-corrected chi connectivity index (χ1v) is 15.1. The molecule has 178 valence electrons. The summed E-state index contributed by atoms with van der Waals surface area (Å²) in [5.74, 6) is 0. The second-order valence-corrected chi connectivity index (χ2v) is 13.2. The summed E-state index contributed by atoms with van der Waals surface area (Å²) in [5.41, 5.74) is 2.32. The zero-order chi connectivity index (χ0) is 24.4. The van der Waals surface area contributed by atoms with Gasteiger partial charge in [-0.15, -0.1) is 0 Å². The van der Waals surface area contributed by atoms with Crippen LogP contribution in [0.2, 0.25) is 0 Å². The van der Waals surface area contributed by atoms with E-state index in [1.54, 1.807) is 0 Å². The summed E-state index contributed by atoms with van der Waals surface area (Å²) >= 11 is 7.77. The first kappa shape index (κ1) is 24.4. The van der Waals surface area contributed by atoms with E-state index in [-0.39, 0.29) is 6.61 Å². The van der Waals surface area contributed by atoms with Crippen molar-refractivity contribution in [2.75, 3.05) is 6.61 Å². The molecule has 0 aliphatic rings. The van der Waals surface area contributed by atoms with Gasteiger partial charge in [-0.05, 0) is 67.6 Å². The lowest BCUT2D eigenvalue weighted by Crippen LogP contribution is -2.29. The molecule has 0 radical (unpaired) electrons. The Morgan fingerprint density at radius 3 is 1.77 bits per heavy atom. The van der Waals surface area contributed by atoms with E-state index in [0.717, 1.165) is 21.0 Å². The molecule has 3 nitrogen and oxygen atoms in total. The third-order valence-electron chi connectivity index (χ3n) is 6.47. The number of halogens is 2. The Hall–Kier alpha value is -2.30. The molecule has 0 amide bonds. The van der Waals surface area contributed by atoms with Gasteiger partial charge >= 0.3 is 0 Å². The zero-order valence-electron chi connectivity index (χ0n) is 19.5. The molecule has 1 heterocycles. The lowest BCUT2D eigenvalue weighted by molar-refractivity contribution is 0.276. The molecular formula is C29H27Br2N2OP. The number of fused-ring (bicyclic) bond motifs is 1. The number of benzene rings is 4. The molecular weight excluding hydrogens is 583 g/mol. The average Bonchev–Trinajstić information content (AvgIpc) is 3.22. The average molecular weight is 610 g/mol. The van der Waals surface area contributed by atoms with Gasteiger partial charge in [0.1, 0.15) is 5.20 Å². The van der Waals surface area contributed by atoms with Crippen LogP contribution < -0.4 is 15.9 Å². The molecule has 0 fully saturated rings. The minimum absolute atomic E-state index is 0.0681. The highest BCUT2D eigenvalue weighted by Gasteiger charge is 2.32. The number of para-hydroxylation sites is 2. The van der Waals surface area contributed by atoms with Gasteiger partial charge in [-0.25, -0.2) is 0 Å². The molecule has 1 aromatic heterocycles. The second-order valence-electron chi connectivity index (χ2n) is 8.32. The standard InChI is InChI=1S/C29H27Br2N2OP/c1-2-32-25-17-9-10-18-26(25)33(20-21-34)29(32)35(22-12-5-3-6-13-22,23-14-7-4-8-15-23)27-19-11-16-24(30)28(27)31/h3-19,34H,2,20-21H2,1H3. The Morgan fingerprint density at radius 2 is 1.23 bits per heavy atom. The molecule has 5 aromatic rings. The molecule has 35 heavy (non-hydrogen) atoms. The van der Waals surface area contributed by atoms with Crippen LogP contribution in [0, 0.1) is 5.20 Å². The minimum atomic E-state index is -2.43. The van der Waals surface area contributed by atoms with Gasteiger partial charge in [0.15, 0.2) is 0 Å². The molecule has 0 aliphatic heterocycles. The van der Waals surface area contributed by atoms with Gasteiger partial charge in [-0.2, -0.15) is 0 Å². The van der Waals surface area contributed by atoms with Crippen LogP contribution in [0.4, 0.5) is 0 Å². The topological polar surface area (TPSA) is 30.1 Å². The van der Waals surface area contributed by atoms with Crippen LogP contribution in [0.25, 0.3) is 11.0 Å². The smallest absolute Gasteiger partial charge is 0.121 e. The summed E-state index contributed by atoms with van der Waals surface area (Å²) in [5, 5.41) is 15.2. The summed E-state index contributed by atoms with van der Waals surface area (Å²) in [6, 6.07) is 36.7. The van der Waals surface area contributed by atoms with E-state index >= 15 is 0 Å². The van der Waals surface area contributed by atoms with E-state index in [1.807, 2.05) is 0 Å². The van der Waals surface area contributed by atoms with Gasteiger partial charge in [0.25, 0.3) is 0 Å². The second kappa shape index (κ2) is 10.4. The molecule has 0 aliphatic carbocycles. The van der Waals surface area contributed by atoms with E-state index in [0.29, 0.717) is 6.54 Å². The number of hydrogen-bond acceptors (Lipinski definition) is 1. The zero-order valence-corrected chi connectivity index (χ0v) is 23.5. The predicted octanol–water partition coefficient (Wildman–Crippen LogP) is 6.51. The van der Waals surface area contributed by atoms with Gasteiger partial charge in [-0.3, -0.25) is 0 Å². The predicted molar refractivity (Wildman–Crippen MR) is 156 cm³/mol. The monoisotopic (exact) mass is 608 g/mol. The van der Waals surface area contributed by atoms with Crippen LogP contribution in [0.5, 0.6) is 0 Å². The minimum Gasteiger partial charge on any atom is -0.395 e. The van der Waals surface area contributed by atoms with Crippen molar-refractivity contribution in [2.45, 2.75) is 20.0 Å². The molecule has 4 aromatic carbocycles. The molecule has 0 bridgehead atoms. The van der Waals surface area contributed by atoms with E-state index in [4.69, 9.17) is 0 Å². The molecule has 1 N–H and O–H groups in total. The number of aryl methyl sites for hydroxylation is 1. The van der Waals surface area contributed by atoms with Gasteiger partial charge < -0.3 is 14.2 Å². The Kier molecular flexibility index (Phi) is 7.22. The summed E-state index contributed by atoms with van der Waals surface area (Å²) in [4.78, 5) is 0. The van der Waals surface area contributed by atoms with Crippen molar-refractivity contribution in [1.82, 2.24) is 9.13 Å². The van der Waals surface area contributed by atoms with Crippen LogP contribution >= 0.6 is 38.7 Å². The normalized spacial score (nSPS) is 11.8. The van der Waals surface area contributed by atoms with E-state index in [1.165, 1.54) is 26.6 Å². The number of aromatic nitrogens is 2. The fourth-order valence-electron chi connectivity index (χ4n) is 5.10. The Morgan fingerprint density at radius 1 is 0.686 bits per heavy atom. The summed E-state index contributed by atoms with van der Waals surface area (Å²) in [6.45, 7) is 1.19. The van der Waals surface area contributed by atoms with Gasteiger partial charge in [0.05, 0.1) is 17.6 Å². The SMILES string of the molecule is CCn1c(=P(c2ccccc2)(c2ccccc2)c2cccc(Br)c2Br)n(CCO)c2ccccc21. The fraction of sp³-hybridized carbons (Fsp3) is 0.138. The maximum Gasteiger partial charge on any atom is 0.121 e. The van der Waals surface area contributed by atoms with Crippen molar-refractivity contribution in [3.05, 3.63) is 117 Å². The van der Waals surface area contributed by atoms with Crippen LogP contribution in [-0.4, -0.2) is 20.8 Å². The third-order valence-corrected chi connectivity index (χ3v) is 13.1. The van der Waals surface area contributed by atoms with Crippen molar-refractivity contribution in [3.63, 3.8) is 0 Å². The first-order valence-electron chi connectivity index (χ1n) is 11.7. The van der Waals surface area contributed by atoms with E-state index < -0.39 is 6.89 Å². The van der Waals surface area contributed by atoms with Crippen LogP contribution in [0.1, 0.15) is 6.92 Å². The first-order chi connectivity index (χ1) is 17.1.